The standard InChI is InChI=1S/C9H8/c1-7-6-8-2-4-9(7)5-3-8/h2-5H,1,6H2. The van der Waals surface area contributed by atoms with Crippen molar-refractivity contribution in [2.75, 3.05) is 0 Å². The first kappa shape index (κ1) is 4.80. The van der Waals surface area contributed by atoms with Crippen LogP contribution < -0.4 is 0 Å². The van der Waals surface area contributed by atoms with E-state index in [2.05, 4.69) is 30.8 Å². The van der Waals surface area contributed by atoms with Gasteiger partial charge in [-0.25, -0.2) is 0 Å². The Morgan fingerprint density at radius 3 is 2.00 bits per heavy atom. The van der Waals surface area contributed by atoms with Gasteiger partial charge in [-0.3, -0.25) is 0 Å². The van der Waals surface area contributed by atoms with Crippen LogP contribution in [0.2, 0.25) is 0 Å². The van der Waals surface area contributed by atoms with Crippen molar-refractivity contribution in [3.8, 4) is 0 Å². The molecular weight excluding hydrogens is 108 g/mol. The lowest BCUT2D eigenvalue weighted by molar-refractivity contribution is 1.23. The molecule has 2 aliphatic rings. The molecule has 9 heavy (non-hydrogen) atoms. The van der Waals surface area contributed by atoms with Crippen molar-refractivity contribution in [3.63, 3.8) is 0 Å². The Hall–Kier alpha value is -1.04. The minimum atomic E-state index is 1.06. The molecule has 0 aliphatic heterocycles. The monoisotopic (exact) mass is 116 g/mol. The molecule has 44 valence electrons. The van der Waals surface area contributed by atoms with E-state index in [1.807, 2.05) is 0 Å². The van der Waals surface area contributed by atoms with Crippen LogP contribution in [0.15, 0.2) is 30.8 Å². The number of fused-ring (bicyclic) bond motifs is 3. The zero-order valence-corrected chi connectivity index (χ0v) is 5.22. The maximum Gasteiger partial charge on any atom is -0.00257 e. The fourth-order valence-electron chi connectivity index (χ4n) is 1.21. The quantitative estimate of drug-likeness (QED) is 0.487. The molecule has 0 amide bonds. The molecular formula is C9H8. The highest BCUT2D eigenvalue weighted by atomic mass is 14.1. The molecule has 0 saturated carbocycles. The summed E-state index contributed by atoms with van der Waals surface area (Å²) in [6, 6.07) is 8.57. The second kappa shape index (κ2) is 1.47. The SMILES string of the molecule is C=C1Cc2ccc1cc2. The molecule has 0 atom stereocenters. The summed E-state index contributed by atoms with van der Waals surface area (Å²) >= 11 is 0. The first-order chi connectivity index (χ1) is 4.36. The van der Waals surface area contributed by atoms with Gasteiger partial charge in [0.25, 0.3) is 0 Å². The van der Waals surface area contributed by atoms with Gasteiger partial charge in [0.2, 0.25) is 0 Å². The van der Waals surface area contributed by atoms with E-state index >= 15 is 0 Å². The van der Waals surface area contributed by atoms with Crippen molar-refractivity contribution in [1.82, 2.24) is 0 Å². The summed E-state index contributed by atoms with van der Waals surface area (Å²) in [4.78, 5) is 0. The van der Waals surface area contributed by atoms with Crippen LogP contribution in [0.1, 0.15) is 11.1 Å². The maximum atomic E-state index is 3.94. The Morgan fingerprint density at radius 2 is 1.78 bits per heavy atom. The van der Waals surface area contributed by atoms with Crippen LogP contribution >= 0.6 is 0 Å². The molecule has 0 aromatic heterocycles. The van der Waals surface area contributed by atoms with Crippen LogP contribution in [0.3, 0.4) is 0 Å². The predicted molar refractivity (Wildman–Crippen MR) is 39.2 cm³/mol. The van der Waals surface area contributed by atoms with Crippen molar-refractivity contribution >= 4 is 5.57 Å². The number of allylic oxidation sites excluding steroid dienone is 1. The van der Waals surface area contributed by atoms with Crippen molar-refractivity contribution in [3.05, 3.63) is 42.0 Å². The van der Waals surface area contributed by atoms with Crippen LogP contribution in [0.4, 0.5) is 0 Å². The Morgan fingerprint density at radius 1 is 1.11 bits per heavy atom. The topological polar surface area (TPSA) is 0 Å². The molecule has 0 saturated heterocycles. The third-order valence-corrected chi connectivity index (χ3v) is 1.78. The van der Waals surface area contributed by atoms with E-state index in [9.17, 15) is 0 Å². The summed E-state index contributed by atoms with van der Waals surface area (Å²) in [5.74, 6) is 0. The molecule has 0 nitrogen and oxygen atoms in total. The number of hydrogen-bond acceptors (Lipinski definition) is 0. The minimum absolute atomic E-state index is 1.06. The van der Waals surface area contributed by atoms with E-state index in [0.29, 0.717) is 0 Å². The average molecular weight is 116 g/mol. The van der Waals surface area contributed by atoms with Gasteiger partial charge < -0.3 is 0 Å². The summed E-state index contributed by atoms with van der Waals surface area (Å²) < 4.78 is 0. The molecule has 3 rings (SSSR count). The first-order valence-corrected chi connectivity index (χ1v) is 3.13. The van der Waals surface area contributed by atoms with Crippen molar-refractivity contribution in [1.29, 1.82) is 0 Å². The van der Waals surface area contributed by atoms with Crippen molar-refractivity contribution in [2.24, 2.45) is 0 Å². The zero-order chi connectivity index (χ0) is 6.27. The fraction of sp³-hybridized carbons (Fsp3) is 0.111. The van der Waals surface area contributed by atoms with Crippen LogP contribution in [-0.4, -0.2) is 0 Å². The molecule has 0 unspecified atom stereocenters. The van der Waals surface area contributed by atoms with Gasteiger partial charge in [0.1, 0.15) is 0 Å². The lowest BCUT2D eigenvalue weighted by atomic mass is 9.92. The van der Waals surface area contributed by atoms with E-state index < -0.39 is 0 Å². The lowest BCUT2D eigenvalue weighted by Gasteiger charge is -2.12. The number of hydrogen-bond donors (Lipinski definition) is 0. The molecule has 2 aliphatic carbocycles. The molecule has 0 N–H and O–H groups in total. The van der Waals surface area contributed by atoms with Gasteiger partial charge in [-0.15, -0.1) is 0 Å². The molecule has 0 heterocycles. The van der Waals surface area contributed by atoms with E-state index in [0.717, 1.165) is 6.42 Å². The Labute approximate surface area is 54.8 Å². The molecule has 0 radical (unpaired) electrons. The largest absolute Gasteiger partial charge is 0.0949 e. The first-order valence-electron chi connectivity index (χ1n) is 3.13. The summed E-state index contributed by atoms with van der Waals surface area (Å²) in [6.07, 6.45) is 1.06. The number of rotatable bonds is 0. The fourth-order valence-corrected chi connectivity index (χ4v) is 1.21. The number of benzene rings is 1. The summed E-state index contributed by atoms with van der Waals surface area (Å²) in [5, 5.41) is 0. The highest BCUT2D eigenvalue weighted by Crippen LogP contribution is 2.23. The van der Waals surface area contributed by atoms with Crippen molar-refractivity contribution < 1.29 is 0 Å². The molecule has 1 aromatic carbocycles. The lowest BCUT2D eigenvalue weighted by Crippen LogP contribution is -1.95. The third kappa shape index (κ3) is 0.595. The van der Waals surface area contributed by atoms with Gasteiger partial charge in [0.05, 0.1) is 0 Å². The van der Waals surface area contributed by atoms with Gasteiger partial charge in [0.15, 0.2) is 0 Å². The highest BCUT2D eigenvalue weighted by molar-refractivity contribution is 5.69. The normalized spacial score (nSPS) is 14.4. The zero-order valence-electron chi connectivity index (χ0n) is 5.22. The smallest absolute Gasteiger partial charge is 0.00257 e. The Kier molecular flexibility index (Phi) is 0.786. The maximum absolute atomic E-state index is 3.94. The van der Waals surface area contributed by atoms with E-state index in [1.54, 1.807) is 0 Å². The van der Waals surface area contributed by atoms with Crippen LogP contribution in [0, 0.1) is 0 Å². The highest BCUT2D eigenvalue weighted by Gasteiger charge is 2.06. The molecule has 1 aromatic rings. The van der Waals surface area contributed by atoms with E-state index in [-0.39, 0.29) is 0 Å². The Balaban J connectivity index is 2.72. The van der Waals surface area contributed by atoms with Crippen LogP contribution in [0.5, 0.6) is 0 Å². The summed E-state index contributed by atoms with van der Waals surface area (Å²) in [5.41, 5.74) is 3.94. The predicted octanol–water partition coefficient (Wildman–Crippen LogP) is 2.26. The minimum Gasteiger partial charge on any atom is -0.0949 e. The van der Waals surface area contributed by atoms with Crippen LogP contribution in [-0.2, 0) is 6.42 Å². The second-order valence-corrected chi connectivity index (χ2v) is 2.48. The van der Waals surface area contributed by atoms with Crippen molar-refractivity contribution in [2.45, 2.75) is 6.42 Å². The van der Waals surface area contributed by atoms with E-state index in [1.165, 1.54) is 16.7 Å². The van der Waals surface area contributed by atoms with Gasteiger partial charge in [-0.1, -0.05) is 30.8 Å². The van der Waals surface area contributed by atoms with Gasteiger partial charge in [0, 0.05) is 0 Å². The summed E-state index contributed by atoms with van der Waals surface area (Å²) in [6.45, 7) is 3.94. The molecule has 0 spiro atoms. The van der Waals surface area contributed by atoms with Gasteiger partial charge in [-0.05, 0) is 23.1 Å². The third-order valence-electron chi connectivity index (χ3n) is 1.78. The van der Waals surface area contributed by atoms with Gasteiger partial charge >= 0.3 is 0 Å². The van der Waals surface area contributed by atoms with Gasteiger partial charge in [-0.2, -0.15) is 0 Å². The molecule has 0 fully saturated rings. The Bertz CT molecular complexity index is 241. The van der Waals surface area contributed by atoms with E-state index in [4.69, 9.17) is 0 Å². The second-order valence-electron chi connectivity index (χ2n) is 2.48. The molecule has 0 heteroatoms. The molecule has 2 bridgehead atoms. The summed E-state index contributed by atoms with van der Waals surface area (Å²) in [7, 11) is 0. The van der Waals surface area contributed by atoms with Crippen LogP contribution in [0.25, 0.3) is 5.57 Å². The average Bonchev–Trinajstić information content (AvgIpc) is 1.90.